The van der Waals surface area contributed by atoms with Crippen molar-refractivity contribution in [1.29, 1.82) is 0 Å². The topological polar surface area (TPSA) is 29.5 Å². The van der Waals surface area contributed by atoms with Gasteiger partial charge in [0.25, 0.3) is 0 Å². The van der Waals surface area contributed by atoms with E-state index in [1.54, 1.807) is 0 Å². The number of benzene rings is 1. The van der Waals surface area contributed by atoms with Crippen molar-refractivity contribution in [2.24, 2.45) is 0 Å². The summed E-state index contributed by atoms with van der Waals surface area (Å²) in [6, 6.07) is 7.54. The van der Waals surface area contributed by atoms with Crippen molar-refractivity contribution >= 4 is 11.6 Å². The molecule has 0 amide bonds. The predicted octanol–water partition coefficient (Wildman–Crippen LogP) is 1.81. The van der Waals surface area contributed by atoms with E-state index in [0.29, 0.717) is 13.2 Å². The molecule has 0 aliphatic carbocycles. The maximum atomic E-state index is 9.55. The number of aliphatic hydroxyl groups excluding tert-OH is 1. The van der Waals surface area contributed by atoms with Crippen LogP contribution >= 0.6 is 11.6 Å². The fraction of sp³-hybridized carbons (Fsp3) is 0.400. The lowest BCUT2D eigenvalue weighted by molar-refractivity contribution is 0.124. The third-order valence-corrected chi connectivity index (χ3v) is 2.60. The van der Waals surface area contributed by atoms with Crippen LogP contribution in [0.25, 0.3) is 0 Å². The lowest BCUT2D eigenvalue weighted by atomic mass is 9.97. The van der Waals surface area contributed by atoms with Gasteiger partial charge in [0.05, 0.1) is 19.3 Å². The predicted molar refractivity (Wildman–Crippen MR) is 51.0 cm³/mol. The monoisotopic (exact) mass is 198 g/mol. The van der Waals surface area contributed by atoms with Gasteiger partial charge in [-0.2, -0.15) is 0 Å². The Morgan fingerprint density at radius 1 is 1.23 bits per heavy atom. The molecule has 70 valence electrons. The van der Waals surface area contributed by atoms with Crippen LogP contribution in [0, 0.1) is 0 Å². The molecule has 1 saturated heterocycles. The van der Waals surface area contributed by atoms with Gasteiger partial charge in [-0.05, 0) is 17.7 Å². The lowest BCUT2D eigenvalue weighted by Crippen LogP contribution is -2.15. The van der Waals surface area contributed by atoms with Crippen molar-refractivity contribution in [3.8, 4) is 0 Å². The smallest absolute Gasteiger partial charge is 0.0864 e. The first-order valence-electron chi connectivity index (χ1n) is 4.28. The van der Waals surface area contributed by atoms with Crippen LogP contribution in [0.5, 0.6) is 0 Å². The van der Waals surface area contributed by atoms with Crippen LogP contribution in [0.1, 0.15) is 11.5 Å². The quantitative estimate of drug-likeness (QED) is 0.746. The second kappa shape index (κ2) is 3.66. The Morgan fingerprint density at radius 2 is 1.92 bits per heavy atom. The second-order valence-electron chi connectivity index (χ2n) is 3.26. The zero-order chi connectivity index (χ0) is 9.26. The van der Waals surface area contributed by atoms with Gasteiger partial charge >= 0.3 is 0 Å². The van der Waals surface area contributed by atoms with Crippen LogP contribution in [-0.4, -0.2) is 24.4 Å². The van der Waals surface area contributed by atoms with Crippen molar-refractivity contribution < 1.29 is 9.84 Å². The van der Waals surface area contributed by atoms with E-state index in [2.05, 4.69) is 0 Å². The number of hydrogen-bond donors (Lipinski definition) is 1. The van der Waals surface area contributed by atoms with Gasteiger partial charge in [-0.25, -0.2) is 0 Å². The molecule has 2 nitrogen and oxygen atoms in total. The van der Waals surface area contributed by atoms with Crippen LogP contribution < -0.4 is 0 Å². The Balaban J connectivity index is 2.20. The molecule has 1 aliphatic heterocycles. The molecule has 3 heteroatoms. The number of hydrogen-bond acceptors (Lipinski definition) is 2. The zero-order valence-electron chi connectivity index (χ0n) is 7.11. The van der Waals surface area contributed by atoms with Crippen LogP contribution in [0.15, 0.2) is 24.3 Å². The molecule has 2 rings (SSSR count). The molecule has 1 aliphatic rings. The third-order valence-electron chi connectivity index (χ3n) is 2.35. The van der Waals surface area contributed by atoms with E-state index in [-0.39, 0.29) is 12.0 Å². The first kappa shape index (κ1) is 9.00. The lowest BCUT2D eigenvalue weighted by Gasteiger charge is -2.12. The average molecular weight is 199 g/mol. The van der Waals surface area contributed by atoms with Crippen molar-refractivity contribution in [2.75, 3.05) is 13.2 Å². The SMILES string of the molecule is O[C@@H]1COC[C@H]1c1ccc(Cl)cc1. The summed E-state index contributed by atoms with van der Waals surface area (Å²) in [5, 5.41) is 10.3. The Bertz CT molecular complexity index is 283. The summed E-state index contributed by atoms with van der Waals surface area (Å²) in [4.78, 5) is 0. The van der Waals surface area contributed by atoms with Gasteiger partial charge in [-0.3, -0.25) is 0 Å². The first-order chi connectivity index (χ1) is 6.27. The minimum absolute atomic E-state index is 0.109. The minimum Gasteiger partial charge on any atom is -0.390 e. The van der Waals surface area contributed by atoms with E-state index in [0.717, 1.165) is 10.6 Å². The molecule has 1 aromatic carbocycles. The molecular formula is C10H11ClO2. The molecule has 1 aromatic rings. The number of aliphatic hydroxyl groups is 1. The van der Waals surface area contributed by atoms with Crippen molar-refractivity contribution in [3.05, 3.63) is 34.9 Å². The zero-order valence-corrected chi connectivity index (χ0v) is 7.87. The van der Waals surface area contributed by atoms with Gasteiger partial charge < -0.3 is 9.84 Å². The summed E-state index contributed by atoms with van der Waals surface area (Å²) in [6.45, 7) is 1.04. The molecule has 0 saturated carbocycles. The molecule has 0 aromatic heterocycles. The molecule has 13 heavy (non-hydrogen) atoms. The molecule has 0 radical (unpaired) electrons. The number of rotatable bonds is 1. The highest BCUT2D eigenvalue weighted by Gasteiger charge is 2.27. The van der Waals surface area contributed by atoms with Gasteiger partial charge in [0.1, 0.15) is 0 Å². The first-order valence-corrected chi connectivity index (χ1v) is 4.66. The molecule has 1 fully saturated rings. The summed E-state index contributed by atoms with van der Waals surface area (Å²) in [6.07, 6.45) is -0.374. The largest absolute Gasteiger partial charge is 0.390 e. The maximum absolute atomic E-state index is 9.55. The highest BCUT2D eigenvalue weighted by atomic mass is 35.5. The van der Waals surface area contributed by atoms with E-state index in [9.17, 15) is 5.11 Å². The summed E-state index contributed by atoms with van der Waals surface area (Å²) < 4.78 is 5.17. The van der Waals surface area contributed by atoms with E-state index in [1.807, 2.05) is 24.3 Å². The Labute approximate surface area is 82.1 Å². The van der Waals surface area contributed by atoms with Crippen LogP contribution in [-0.2, 0) is 4.74 Å². The Kier molecular flexibility index (Phi) is 2.54. The molecule has 2 atom stereocenters. The summed E-state index contributed by atoms with van der Waals surface area (Å²) in [5.74, 6) is 0.109. The summed E-state index contributed by atoms with van der Waals surface area (Å²) in [5.41, 5.74) is 1.09. The molecule has 1 heterocycles. The van der Waals surface area contributed by atoms with E-state index < -0.39 is 0 Å². The highest BCUT2D eigenvalue weighted by molar-refractivity contribution is 6.30. The molecule has 0 spiro atoms. The van der Waals surface area contributed by atoms with Gasteiger partial charge in [0.15, 0.2) is 0 Å². The van der Waals surface area contributed by atoms with E-state index in [4.69, 9.17) is 16.3 Å². The standard InChI is InChI=1S/C10H11ClO2/c11-8-3-1-7(2-4-8)9-5-13-6-10(9)12/h1-4,9-10,12H,5-6H2/t9-,10+/m0/s1. The van der Waals surface area contributed by atoms with Crippen LogP contribution in [0.4, 0.5) is 0 Å². The van der Waals surface area contributed by atoms with Gasteiger partial charge in [0.2, 0.25) is 0 Å². The fourth-order valence-corrected chi connectivity index (χ4v) is 1.70. The van der Waals surface area contributed by atoms with Crippen LogP contribution in [0.3, 0.4) is 0 Å². The van der Waals surface area contributed by atoms with E-state index >= 15 is 0 Å². The molecular weight excluding hydrogens is 188 g/mol. The Morgan fingerprint density at radius 3 is 2.46 bits per heavy atom. The van der Waals surface area contributed by atoms with Crippen molar-refractivity contribution in [1.82, 2.24) is 0 Å². The molecule has 1 N–H and O–H groups in total. The van der Waals surface area contributed by atoms with Gasteiger partial charge in [-0.1, -0.05) is 23.7 Å². The minimum atomic E-state index is -0.374. The van der Waals surface area contributed by atoms with Gasteiger partial charge in [0, 0.05) is 10.9 Å². The number of halogens is 1. The Hall–Kier alpha value is -0.570. The van der Waals surface area contributed by atoms with Crippen LogP contribution in [0.2, 0.25) is 5.02 Å². The maximum Gasteiger partial charge on any atom is 0.0864 e. The second-order valence-corrected chi connectivity index (χ2v) is 3.70. The fourth-order valence-electron chi connectivity index (χ4n) is 1.57. The summed E-state index contributed by atoms with van der Waals surface area (Å²) >= 11 is 5.76. The highest BCUT2D eigenvalue weighted by Crippen LogP contribution is 2.26. The average Bonchev–Trinajstić information content (AvgIpc) is 2.53. The van der Waals surface area contributed by atoms with Crippen molar-refractivity contribution in [3.63, 3.8) is 0 Å². The van der Waals surface area contributed by atoms with E-state index in [1.165, 1.54) is 0 Å². The normalized spacial score (nSPS) is 27.8. The third kappa shape index (κ3) is 1.85. The van der Waals surface area contributed by atoms with Gasteiger partial charge in [-0.15, -0.1) is 0 Å². The molecule has 0 bridgehead atoms. The van der Waals surface area contributed by atoms with Crippen molar-refractivity contribution in [2.45, 2.75) is 12.0 Å². The number of ether oxygens (including phenoxy) is 1. The molecule has 0 unspecified atom stereocenters. The summed E-state index contributed by atoms with van der Waals surface area (Å²) in [7, 11) is 0.